The van der Waals surface area contributed by atoms with Gasteiger partial charge in [0.1, 0.15) is 6.20 Å². The molecule has 0 radical (unpaired) electrons. The molecule has 1 aliphatic rings. The number of rotatable bonds is 2. The highest BCUT2D eigenvalue weighted by molar-refractivity contribution is 7.15. The molecule has 3 heterocycles. The van der Waals surface area contributed by atoms with Crippen LogP contribution in [0.5, 0.6) is 0 Å². The van der Waals surface area contributed by atoms with Crippen LogP contribution >= 0.6 is 11.3 Å². The molecule has 2 aromatic heterocycles. The smallest absolute Gasteiger partial charge is 0.358 e. The summed E-state index contributed by atoms with van der Waals surface area (Å²) in [7, 11) is 0. The van der Waals surface area contributed by atoms with Crippen LogP contribution in [0.25, 0.3) is 4.96 Å². The van der Waals surface area contributed by atoms with Gasteiger partial charge < -0.3 is 20.3 Å². The molecular weight excluding hydrogens is 266 g/mol. The van der Waals surface area contributed by atoms with Crippen LogP contribution in [0.2, 0.25) is 0 Å². The first-order valence-corrected chi connectivity index (χ1v) is 7.06. The number of piperazine rings is 1. The van der Waals surface area contributed by atoms with Crippen LogP contribution < -0.4 is 10.2 Å². The van der Waals surface area contributed by atoms with Crippen molar-refractivity contribution < 1.29 is 4.92 Å². The highest BCUT2D eigenvalue weighted by atomic mass is 32.1. The first kappa shape index (κ1) is 12.4. The third-order valence-corrected chi connectivity index (χ3v) is 4.19. The fourth-order valence-electron chi connectivity index (χ4n) is 2.44. The molecule has 1 N–H and O–H groups in total. The molecule has 2 atom stereocenters. The van der Waals surface area contributed by atoms with Crippen molar-refractivity contribution in [1.82, 2.24) is 14.7 Å². The van der Waals surface area contributed by atoms with E-state index in [4.69, 9.17) is 0 Å². The number of hydrogen-bond donors (Lipinski definition) is 1. The van der Waals surface area contributed by atoms with Crippen molar-refractivity contribution in [1.29, 1.82) is 0 Å². The minimum absolute atomic E-state index is 0.0669. The second-order valence-electron chi connectivity index (χ2n) is 4.88. The first-order valence-electron chi connectivity index (χ1n) is 6.18. The number of nitrogens with one attached hydrogen (secondary N) is 1. The van der Waals surface area contributed by atoms with Crippen molar-refractivity contribution in [3.8, 4) is 0 Å². The van der Waals surface area contributed by atoms with E-state index in [1.54, 1.807) is 10.6 Å². The standard InChI is InChI=1S/C11H15N5O2S/c1-7-6-15(8(2)5-12-7)9-10(16(17)18)14-3-4-19-11(14)13-9/h3-4,7-8,12H,5-6H2,1-2H3. The number of nitrogens with zero attached hydrogens (tertiary/aromatic N) is 4. The molecule has 8 heteroatoms. The third-order valence-electron chi connectivity index (χ3n) is 3.43. The summed E-state index contributed by atoms with van der Waals surface area (Å²) in [6, 6.07) is 0.495. The molecule has 0 saturated carbocycles. The van der Waals surface area contributed by atoms with Gasteiger partial charge in [0.25, 0.3) is 4.96 Å². The van der Waals surface area contributed by atoms with Crippen molar-refractivity contribution >= 4 is 27.9 Å². The molecule has 19 heavy (non-hydrogen) atoms. The van der Waals surface area contributed by atoms with E-state index in [1.807, 2.05) is 10.3 Å². The minimum Gasteiger partial charge on any atom is -0.358 e. The first-order chi connectivity index (χ1) is 9.08. The summed E-state index contributed by atoms with van der Waals surface area (Å²) >= 11 is 1.41. The average Bonchev–Trinajstić information content (AvgIpc) is 2.91. The summed E-state index contributed by atoms with van der Waals surface area (Å²) < 4.78 is 1.55. The molecule has 1 aliphatic heterocycles. The van der Waals surface area contributed by atoms with E-state index in [2.05, 4.69) is 24.1 Å². The Morgan fingerprint density at radius 1 is 1.58 bits per heavy atom. The normalized spacial score (nSPS) is 24.0. The Morgan fingerprint density at radius 2 is 2.37 bits per heavy atom. The summed E-state index contributed by atoms with van der Waals surface area (Å²) in [5.41, 5.74) is 0. The molecule has 0 aromatic carbocycles. The maximum atomic E-state index is 11.3. The lowest BCUT2D eigenvalue weighted by molar-refractivity contribution is -0.389. The Hall–Kier alpha value is -1.67. The molecule has 0 bridgehead atoms. The van der Waals surface area contributed by atoms with Crippen LogP contribution in [0.1, 0.15) is 13.8 Å². The van der Waals surface area contributed by atoms with E-state index >= 15 is 0 Å². The zero-order valence-electron chi connectivity index (χ0n) is 10.7. The fraction of sp³-hybridized carbons (Fsp3) is 0.545. The van der Waals surface area contributed by atoms with Gasteiger partial charge in [0, 0.05) is 30.6 Å². The van der Waals surface area contributed by atoms with Gasteiger partial charge in [-0.1, -0.05) is 11.3 Å². The van der Waals surface area contributed by atoms with E-state index < -0.39 is 0 Å². The molecule has 3 rings (SSSR count). The van der Waals surface area contributed by atoms with Crippen molar-refractivity contribution in [2.75, 3.05) is 18.0 Å². The Bertz CT molecular complexity index is 622. The number of thiazole rings is 1. The lowest BCUT2D eigenvalue weighted by atomic mass is 10.1. The molecule has 102 valence electrons. The van der Waals surface area contributed by atoms with Crippen molar-refractivity contribution in [2.45, 2.75) is 25.9 Å². The monoisotopic (exact) mass is 281 g/mol. The molecule has 2 unspecified atom stereocenters. The van der Waals surface area contributed by atoms with E-state index in [0.29, 0.717) is 16.8 Å². The third kappa shape index (κ3) is 1.96. The van der Waals surface area contributed by atoms with E-state index in [9.17, 15) is 10.1 Å². The maximum Gasteiger partial charge on any atom is 0.373 e. The summed E-state index contributed by atoms with van der Waals surface area (Å²) in [6.45, 7) is 5.66. The van der Waals surface area contributed by atoms with Crippen molar-refractivity contribution in [3.05, 3.63) is 21.7 Å². The van der Waals surface area contributed by atoms with Gasteiger partial charge >= 0.3 is 5.82 Å². The predicted octanol–water partition coefficient (Wildman–Crippen LogP) is 1.49. The number of imidazole rings is 1. The average molecular weight is 281 g/mol. The summed E-state index contributed by atoms with van der Waals surface area (Å²) in [4.78, 5) is 18.1. The zero-order chi connectivity index (χ0) is 13.6. The van der Waals surface area contributed by atoms with Gasteiger partial charge in [-0.2, -0.15) is 9.38 Å². The Balaban J connectivity index is 2.10. The molecule has 0 aliphatic carbocycles. The van der Waals surface area contributed by atoms with E-state index in [-0.39, 0.29) is 16.8 Å². The molecule has 1 saturated heterocycles. The molecule has 0 amide bonds. The number of aromatic nitrogens is 2. The molecule has 7 nitrogen and oxygen atoms in total. The Morgan fingerprint density at radius 3 is 3.11 bits per heavy atom. The summed E-state index contributed by atoms with van der Waals surface area (Å²) in [6.07, 6.45) is 1.70. The lowest BCUT2D eigenvalue weighted by Gasteiger charge is -2.37. The second-order valence-corrected chi connectivity index (χ2v) is 5.76. The lowest BCUT2D eigenvalue weighted by Crippen LogP contribution is -2.54. The van der Waals surface area contributed by atoms with Crippen LogP contribution in [0.15, 0.2) is 11.6 Å². The van der Waals surface area contributed by atoms with Crippen LogP contribution in [-0.4, -0.2) is 39.5 Å². The Labute approximate surface area is 114 Å². The number of anilines is 1. The van der Waals surface area contributed by atoms with Crippen LogP contribution in [0.3, 0.4) is 0 Å². The van der Waals surface area contributed by atoms with Gasteiger partial charge in [-0.05, 0) is 18.8 Å². The van der Waals surface area contributed by atoms with Gasteiger partial charge in [-0.25, -0.2) is 0 Å². The highest BCUT2D eigenvalue weighted by Crippen LogP contribution is 2.32. The maximum absolute atomic E-state index is 11.3. The molecular formula is C11H15N5O2S. The van der Waals surface area contributed by atoms with Crippen molar-refractivity contribution in [2.24, 2.45) is 0 Å². The number of fused-ring (bicyclic) bond motifs is 1. The van der Waals surface area contributed by atoms with Crippen LogP contribution in [0.4, 0.5) is 11.6 Å². The van der Waals surface area contributed by atoms with E-state index in [1.165, 1.54) is 11.3 Å². The SMILES string of the molecule is CC1CN(c2nc3sccn3c2[N+](=O)[O-])C(C)CN1. The molecule has 1 fully saturated rings. The summed E-state index contributed by atoms with van der Waals surface area (Å²) in [5, 5.41) is 16.5. The van der Waals surface area contributed by atoms with Crippen LogP contribution in [-0.2, 0) is 0 Å². The van der Waals surface area contributed by atoms with Gasteiger partial charge in [0.2, 0.25) is 5.82 Å². The number of nitro groups is 1. The summed E-state index contributed by atoms with van der Waals surface area (Å²) in [5.74, 6) is 0.551. The van der Waals surface area contributed by atoms with E-state index in [0.717, 1.165) is 13.1 Å². The quantitative estimate of drug-likeness (QED) is 0.666. The minimum atomic E-state index is -0.346. The fourth-order valence-corrected chi connectivity index (χ4v) is 3.15. The predicted molar refractivity (Wildman–Crippen MR) is 74.0 cm³/mol. The topological polar surface area (TPSA) is 75.7 Å². The van der Waals surface area contributed by atoms with Gasteiger partial charge in [0.15, 0.2) is 0 Å². The largest absolute Gasteiger partial charge is 0.373 e. The zero-order valence-corrected chi connectivity index (χ0v) is 11.6. The second kappa shape index (κ2) is 4.46. The highest BCUT2D eigenvalue weighted by Gasteiger charge is 2.33. The van der Waals surface area contributed by atoms with Gasteiger partial charge in [-0.3, -0.25) is 0 Å². The molecule has 2 aromatic rings. The van der Waals surface area contributed by atoms with Crippen molar-refractivity contribution in [3.63, 3.8) is 0 Å². The van der Waals surface area contributed by atoms with Crippen LogP contribution in [0, 0.1) is 10.1 Å². The Kier molecular flexibility index (Phi) is 2.90. The van der Waals surface area contributed by atoms with Gasteiger partial charge in [-0.15, -0.1) is 0 Å². The number of hydrogen-bond acceptors (Lipinski definition) is 6. The van der Waals surface area contributed by atoms with Gasteiger partial charge in [0.05, 0.1) is 0 Å². The molecule has 0 spiro atoms.